The number of anilines is 1. The summed E-state index contributed by atoms with van der Waals surface area (Å²) in [4.78, 5) is 12.2. The molecule has 3 heteroatoms. The van der Waals surface area contributed by atoms with Crippen molar-refractivity contribution in [3.05, 3.63) is 65.7 Å². The molecule has 1 unspecified atom stereocenters. The fraction of sp³-hybridized carbons (Fsp3) is 0.316. The highest BCUT2D eigenvalue weighted by molar-refractivity contribution is 5.90. The van der Waals surface area contributed by atoms with E-state index in [0.29, 0.717) is 0 Å². The molecule has 2 N–H and O–H groups in total. The van der Waals surface area contributed by atoms with E-state index in [9.17, 15) is 4.79 Å². The largest absolute Gasteiger partial charge is 0.335 e. The van der Waals surface area contributed by atoms with Crippen molar-refractivity contribution < 1.29 is 4.79 Å². The Balaban J connectivity index is 1.95. The van der Waals surface area contributed by atoms with Crippen molar-refractivity contribution in [2.45, 2.75) is 39.2 Å². The van der Waals surface area contributed by atoms with Gasteiger partial charge in [-0.2, -0.15) is 0 Å². The average molecular weight is 296 g/mol. The van der Waals surface area contributed by atoms with E-state index >= 15 is 0 Å². The van der Waals surface area contributed by atoms with Crippen LogP contribution in [0.1, 0.15) is 30.9 Å². The van der Waals surface area contributed by atoms with Crippen molar-refractivity contribution in [3.8, 4) is 0 Å². The molecule has 2 rings (SSSR count). The van der Waals surface area contributed by atoms with E-state index in [4.69, 9.17) is 0 Å². The van der Waals surface area contributed by atoms with E-state index in [1.807, 2.05) is 49.4 Å². The Morgan fingerprint density at radius 2 is 1.73 bits per heavy atom. The number of aryl methyl sites for hydroxylation is 1. The van der Waals surface area contributed by atoms with E-state index < -0.39 is 0 Å². The first-order valence-electron chi connectivity index (χ1n) is 7.86. The Morgan fingerprint density at radius 3 is 2.41 bits per heavy atom. The summed E-state index contributed by atoms with van der Waals surface area (Å²) in [6, 6.07) is 18.1. The molecule has 0 aliphatic heterocycles. The first-order valence-corrected chi connectivity index (χ1v) is 7.86. The molecule has 0 heterocycles. The van der Waals surface area contributed by atoms with Crippen LogP contribution in [0.3, 0.4) is 0 Å². The smallest absolute Gasteiger partial charge is 0.319 e. The third-order valence-corrected chi connectivity index (χ3v) is 3.69. The van der Waals surface area contributed by atoms with Crippen molar-refractivity contribution in [1.29, 1.82) is 0 Å². The van der Waals surface area contributed by atoms with Gasteiger partial charge >= 0.3 is 6.03 Å². The maximum atomic E-state index is 12.2. The van der Waals surface area contributed by atoms with Gasteiger partial charge in [-0.3, -0.25) is 0 Å². The van der Waals surface area contributed by atoms with Gasteiger partial charge in [-0.15, -0.1) is 0 Å². The topological polar surface area (TPSA) is 41.1 Å². The molecular formula is C19H24N2O. The highest BCUT2D eigenvalue weighted by Gasteiger charge is 2.12. The van der Waals surface area contributed by atoms with Crippen LogP contribution in [0.15, 0.2) is 54.6 Å². The molecule has 2 amide bonds. The molecular weight excluding hydrogens is 272 g/mol. The molecule has 0 saturated heterocycles. The summed E-state index contributed by atoms with van der Waals surface area (Å²) in [6.07, 6.45) is 2.87. The summed E-state index contributed by atoms with van der Waals surface area (Å²) >= 11 is 0. The van der Waals surface area contributed by atoms with Crippen molar-refractivity contribution in [1.82, 2.24) is 5.32 Å². The second-order valence-corrected chi connectivity index (χ2v) is 5.59. The van der Waals surface area contributed by atoms with Crippen LogP contribution in [0.2, 0.25) is 0 Å². The van der Waals surface area contributed by atoms with Gasteiger partial charge < -0.3 is 10.6 Å². The van der Waals surface area contributed by atoms with Gasteiger partial charge in [0, 0.05) is 11.7 Å². The van der Waals surface area contributed by atoms with Crippen LogP contribution in [0.25, 0.3) is 0 Å². The number of para-hydroxylation sites is 1. The number of urea groups is 1. The predicted octanol–water partition coefficient (Wildman–Crippen LogP) is 4.53. The zero-order valence-electron chi connectivity index (χ0n) is 13.3. The molecule has 0 bridgehead atoms. The molecule has 0 radical (unpaired) electrons. The van der Waals surface area contributed by atoms with Crippen LogP contribution >= 0.6 is 0 Å². The first kappa shape index (κ1) is 16.1. The lowest BCUT2D eigenvalue weighted by Gasteiger charge is -2.19. The zero-order chi connectivity index (χ0) is 15.8. The monoisotopic (exact) mass is 296 g/mol. The molecule has 3 nitrogen and oxygen atoms in total. The van der Waals surface area contributed by atoms with Crippen molar-refractivity contribution >= 4 is 11.7 Å². The first-order chi connectivity index (χ1) is 10.7. The zero-order valence-corrected chi connectivity index (χ0v) is 13.3. The molecule has 0 fully saturated rings. The van der Waals surface area contributed by atoms with E-state index in [1.54, 1.807) is 0 Å². The normalized spacial score (nSPS) is 11.7. The van der Waals surface area contributed by atoms with Crippen LogP contribution in [0, 0.1) is 6.92 Å². The Morgan fingerprint density at radius 1 is 1.05 bits per heavy atom. The van der Waals surface area contributed by atoms with Gasteiger partial charge in [0.25, 0.3) is 0 Å². The van der Waals surface area contributed by atoms with Crippen LogP contribution in [-0.2, 0) is 6.42 Å². The Bertz CT molecular complexity index is 595. The molecule has 2 aromatic rings. The Kier molecular flexibility index (Phi) is 6.01. The van der Waals surface area contributed by atoms with Gasteiger partial charge in [0.1, 0.15) is 0 Å². The molecule has 0 spiro atoms. The van der Waals surface area contributed by atoms with Crippen LogP contribution < -0.4 is 10.6 Å². The minimum absolute atomic E-state index is 0.135. The third-order valence-electron chi connectivity index (χ3n) is 3.69. The average Bonchev–Trinajstić information content (AvgIpc) is 2.51. The Hall–Kier alpha value is -2.29. The minimum Gasteiger partial charge on any atom is -0.335 e. The molecule has 2 aromatic carbocycles. The van der Waals surface area contributed by atoms with E-state index in [1.165, 1.54) is 5.56 Å². The number of carbonyl (C=O) groups is 1. The third kappa shape index (κ3) is 4.92. The molecule has 116 valence electrons. The second kappa shape index (κ2) is 8.23. The number of nitrogens with one attached hydrogen (secondary N) is 2. The second-order valence-electron chi connectivity index (χ2n) is 5.59. The van der Waals surface area contributed by atoms with Gasteiger partial charge in [0.2, 0.25) is 0 Å². The number of rotatable bonds is 6. The maximum Gasteiger partial charge on any atom is 0.319 e. The number of benzene rings is 2. The van der Waals surface area contributed by atoms with Gasteiger partial charge in [-0.1, -0.05) is 61.9 Å². The molecule has 0 aromatic heterocycles. The lowest BCUT2D eigenvalue weighted by atomic mass is 10.0. The lowest BCUT2D eigenvalue weighted by molar-refractivity contribution is 0.247. The Labute approximate surface area is 132 Å². The van der Waals surface area contributed by atoms with E-state index in [2.05, 4.69) is 29.7 Å². The predicted molar refractivity (Wildman–Crippen MR) is 92.2 cm³/mol. The number of amides is 2. The fourth-order valence-electron chi connectivity index (χ4n) is 2.53. The van der Waals surface area contributed by atoms with Gasteiger partial charge in [0.15, 0.2) is 0 Å². The summed E-state index contributed by atoms with van der Waals surface area (Å²) in [7, 11) is 0. The SMILES string of the molecule is CCCC(Cc1ccccc1)NC(=O)Nc1ccccc1C. The van der Waals surface area contributed by atoms with Gasteiger partial charge in [-0.25, -0.2) is 4.79 Å². The van der Waals surface area contributed by atoms with Crippen molar-refractivity contribution in [3.63, 3.8) is 0 Å². The number of hydrogen-bond acceptors (Lipinski definition) is 1. The van der Waals surface area contributed by atoms with Gasteiger partial charge in [0.05, 0.1) is 0 Å². The van der Waals surface area contributed by atoms with Gasteiger partial charge in [-0.05, 0) is 37.0 Å². The summed E-state index contributed by atoms with van der Waals surface area (Å²) in [5.41, 5.74) is 3.17. The summed E-state index contributed by atoms with van der Waals surface area (Å²) in [6.45, 7) is 4.13. The van der Waals surface area contributed by atoms with Crippen molar-refractivity contribution in [2.75, 3.05) is 5.32 Å². The van der Waals surface area contributed by atoms with E-state index in [0.717, 1.165) is 30.5 Å². The highest BCUT2D eigenvalue weighted by Crippen LogP contribution is 2.13. The number of carbonyl (C=O) groups excluding carboxylic acids is 1. The summed E-state index contributed by atoms with van der Waals surface area (Å²) in [5.74, 6) is 0. The maximum absolute atomic E-state index is 12.2. The van der Waals surface area contributed by atoms with Crippen LogP contribution in [0.5, 0.6) is 0 Å². The summed E-state index contributed by atoms with van der Waals surface area (Å²) in [5, 5.41) is 6.03. The molecule has 0 aliphatic carbocycles. The minimum atomic E-state index is -0.135. The van der Waals surface area contributed by atoms with Crippen LogP contribution in [-0.4, -0.2) is 12.1 Å². The van der Waals surface area contributed by atoms with Crippen LogP contribution in [0.4, 0.5) is 10.5 Å². The fourth-order valence-corrected chi connectivity index (χ4v) is 2.53. The molecule has 22 heavy (non-hydrogen) atoms. The lowest BCUT2D eigenvalue weighted by Crippen LogP contribution is -2.39. The number of hydrogen-bond donors (Lipinski definition) is 2. The molecule has 0 aliphatic rings. The summed E-state index contributed by atoms with van der Waals surface area (Å²) < 4.78 is 0. The quantitative estimate of drug-likeness (QED) is 0.808. The van der Waals surface area contributed by atoms with E-state index in [-0.39, 0.29) is 12.1 Å². The van der Waals surface area contributed by atoms with Crippen molar-refractivity contribution in [2.24, 2.45) is 0 Å². The highest BCUT2D eigenvalue weighted by atomic mass is 16.2. The molecule has 1 atom stereocenters. The molecule has 0 saturated carbocycles. The standard InChI is InChI=1S/C19H24N2O/c1-3-9-17(14-16-11-5-4-6-12-16)20-19(22)21-18-13-8-7-10-15(18)2/h4-8,10-13,17H,3,9,14H2,1-2H3,(H2,20,21,22).